The van der Waals surface area contributed by atoms with Gasteiger partial charge in [0.05, 0.1) is 11.3 Å². The van der Waals surface area contributed by atoms with Crippen LogP contribution in [0.4, 0.5) is 13.2 Å². The van der Waals surface area contributed by atoms with E-state index < -0.39 is 18.7 Å². The van der Waals surface area contributed by atoms with E-state index in [1.165, 1.54) is 23.9 Å². The monoisotopic (exact) mass is 398 g/mol. The van der Waals surface area contributed by atoms with Gasteiger partial charge in [0, 0.05) is 11.4 Å². The number of nitrogens with one attached hydrogen (secondary N) is 1. The number of alkyl halides is 3. The van der Waals surface area contributed by atoms with Crippen LogP contribution in [-0.2, 0) is 11.3 Å². The van der Waals surface area contributed by atoms with Crippen LogP contribution in [0.2, 0.25) is 0 Å². The molecular weight excluding hydrogens is 381 g/mol. The second-order valence-corrected chi connectivity index (χ2v) is 6.50. The molecule has 144 valence electrons. The van der Waals surface area contributed by atoms with Crippen molar-refractivity contribution < 1.29 is 27.5 Å². The molecule has 0 aliphatic heterocycles. The van der Waals surface area contributed by atoms with Crippen molar-refractivity contribution in [2.24, 2.45) is 5.73 Å². The van der Waals surface area contributed by atoms with E-state index in [9.17, 15) is 22.8 Å². The number of rotatable bonds is 8. The zero-order valence-corrected chi connectivity index (χ0v) is 14.9. The summed E-state index contributed by atoms with van der Waals surface area (Å²) < 4.78 is 41.0. The summed E-state index contributed by atoms with van der Waals surface area (Å²) in [6, 6.07) is 12.8. The molecule has 3 N–H and O–H groups in total. The number of hydrogen-bond donors (Lipinski definition) is 2. The van der Waals surface area contributed by atoms with Crippen molar-refractivity contribution in [1.82, 2.24) is 5.32 Å². The number of primary amides is 1. The van der Waals surface area contributed by atoms with Gasteiger partial charge in [-0.1, -0.05) is 24.3 Å². The van der Waals surface area contributed by atoms with Gasteiger partial charge in [-0.3, -0.25) is 9.59 Å². The topological polar surface area (TPSA) is 81.4 Å². The molecule has 0 aliphatic carbocycles. The maximum absolute atomic E-state index is 12.4. The summed E-state index contributed by atoms with van der Waals surface area (Å²) in [5.41, 5.74) is 6.24. The molecule has 0 saturated heterocycles. The molecule has 2 rings (SSSR count). The third kappa shape index (κ3) is 7.22. The fraction of sp³-hybridized carbons (Fsp3) is 0.222. The van der Waals surface area contributed by atoms with Crippen LogP contribution in [0.25, 0.3) is 0 Å². The van der Waals surface area contributed by atoms with Gasteiger partial charge < -0.3 is 15.8 Å². The highest BCUT2D eigenvalue weighted by Gasteiger charge is 2.28. The maximum atomic E-state index is 12.4. The SMILES string of the molecule is NC(=O)CSc1ccccc1C(=O)NCc1ccc(OCC(F)(F)F)cc1. The number of thioether (sulfide) groups is 1. The van der Waals surface area contributed by atoms with Gasteiger partial charge in [-0.15, -0.1) is 11.8 Å². The molecule has 0 saturated carbocycles. The average molecular weight is 398 g/mol. The summed E-state index contributed by atoms with van der Waals surface area (Å²) in [5.74, 6) is -0.664. The number of benzene rings is 2. The van der Waals surface area contributed by atoms with Gasteiger partial charge in [-0.05, 0) is 29.8 Å². The normalized spacial score (nSPS) is 11.1. The molecule has 0 heterocycles. The van der Waals surface area contributed by atoms with E-state index in [4.69, 9.17) is 5.73 Å². The molecule has 0 unspecified atom stereocenters. The third-order valence-electron chi connectivity index (χ3n) is 3.28. The minimum absolute atomic E-state index is 0.0592. The summed E-state index contributed by atoms with van der Waals surface area (Å²) in [5, 5.41) is 2.73. The first-order chi connectivity index (χ1) is 12.7. The molecule has 0 radical (unpaired) electrons. The van der Waals surface area contributed by atoms with E-state index in [0.717, 1.165) is 0 Å². The van der Waals surface area contributed by atoms with Crippen LogP contribution in [-0.4, -0.2) is 30.4 Å². The van der Waals surface area contributed by atoms with E-state index >= 15 is 0 Å². The largest absolute Gasteiger partial charge is 0.484 e. The first kappa shape index (κ1) is 20.6. The average Bonchev–Trinajstić information content (AvgIpc) is 2.63. The summed E-state index contributed by atoms with van der Waals surface area (Å²) in [6.07, 6.45) is -4.40. The molecule has 0 spiro atoms. The van der Waals surface area contributed by atoms with Gasteiger partial charge in [0.1, 0.15) is 5.75 Å². The van der Waals surface area contributed by atoms with Crippen LogP contribution in [0.1, 0.15) is 15.9 Å². The van der Waals surface area contributed by atoms with Gasteiger partial charge >= 0.3 is 6.18 Å². The van der Waals surface area contributed by atoms with Crippen LogP contribution in [0.3, 0.4) is 0 Å². The number of ether oxygens (including phenoxy) is 1. The second kappa shape index (κ2) is 9.31. The minimum Gasteiger partial charge on any atom is -0.484 e. The Bertz CT molecular complexity index is 795. The van der Waals surface area contributed by atoms with E-state index in [1.807, 2.05) is 0 Å². The summed E-state index contributed by atoms with van der Waals surface area (Å²) >= 11 is 1.17. The Kier molecular flexibility index (Phi) is 7.12. The van der Waals surface area contributed by atoms with Crippen LogP contribution >= 0.6 is 11.8 Å². The van der Waals surface area contributed by atoms with Crippen LogP contribution in [0, 0.1) is 0 Å². The Morgan fingerprint density at radius 2 is 1.74 bits per heavy atom. The fourth-order valence-electron chi connectivity index (χ4n) is 2.08. The lowest BCUT2D eigenvalue weighted by Crippen LogP contribution is -2.23. The smallest absolute Gasteiger partial charge is 0.422 e. The molecule has 0 fully saturated rings. The lowest BCUT2D eigenvalue weighted by molar-refractivity contribution is -0.153. The number of carbonyl (C=O) groups excluding carboxylic acids is 2. The van der Waals surface area contributed by atoms with Crippen molar-refractivity contribution in [3.63, 3.8) is 0 Å². The number of carbonyl (C=O) groups is 2. The third-order valence-corrected chi connectivity index (χ3v) is 4.38. The predicted octanol–water partition coefficient (Wildman–Crippen LogP) is 3.14. The Labute approximate surface area is 158 Å². The lowest BCUT2D eigenvalue weighted by Gasteiger charge is -2.11. The molecule has 0 aliphatic rings. The standard InChI is InChI=1S/C18H17F3N2O3S/c19-18(20,21)11-26-13-7-5-12(6-8-13)9-23-17(25)14-3-1-2-4-15(14)27-10-16(22)24/h1-8H,9-11H2,(H2,22,24)(H,23,25). The highest BCUT2D eigenvalue weighted by Crippen LogP contribution is 2.22. The highest BCUT2D eigenvalue weighted by molar-refractivity contribution is 8.00. The molecule has 0 atom stereocenters. The number of halogens is 3. The number of nitrogens with two attached hydrogens (primary N) is 1. The van der Waals surface area contributed by atoms with Crippen LogP contribution in [0.5, 0.6) is 5.75 Å². The predicted molar refractivity (Wildman–Crippen MR) is 95.5 cm³/mol. The Balaban J connectivity index is 1.93. The number of hydrogen-bond acceptors (Lipinski definition) is 4. The van der Waals surface area contributed by atoms with Gasteiger partial charge in [-0.25, -0.2) is 0 Å². The van der Waals surface area contributed by atoms with E-state index in [2.05, 4.69) is 10.1 Å². The molecular formula is C18H17F3N2O3S. The summed E-state index contributed by atoms with van der Waals surface area (Å²) in [7, 11) is 0. The minimum atomic E-state index is -4.40. The first-order valence-corrected chi connectivity index (χ1v) is 8.80. The zero-order chi connectivity index (χ0) is 19.9. The molecule has 2 amide bonds. The Morgan fingerprint density at radius 3 is 2.37 bits per heavy atom. The highest BCUT2D eigenvalue weighted by atomic mass is 32.2. The van der Waals surface area contributed by atoms with Crippen molar-refractivity contribution in [3.05, 3.63) is 59.7 Å². The molecule has 2 aromatic carbocycles. The van der Waals surface area contributed by atoms with E-state index in [1.54, 1.807) is 36.4 Å². The van der Waals surface area contributed by atoms with Gasteiger partial charge in [-0.2, -0.15) is 13.2 Å². The van der Waals surface area contributed by atoms with Gasteiger partial charge in [0.2, 0.25) is 5.91 Å². The Hall–Kier alpha value is -2.68. The Morgan fingerprint density at radius 1 is 1.07 bits per heavy atom. The van der Waals surface area contributed by atoms with Crippen molar-refractivity contribution in [2.75, 3.05) is 12.4 Å². The second-order valence-electron chi connectivity index (χ2n) is 5.48. The zero-order valence-electron chi connectivity index (χ0n) is 14.1. The fourth-order valence-corrected chi connectivity index (χ4v) is 2.86. The summed E-state index contributed by atoms with van der Waals surface area (Å²) in [6.45, 7) is -1.17. The molecule has 27 heavy (non-hydrogen) atoms. The molecule has 2 aromatic rings. The van der Waals surface area contributed by atoms with Crippen molar-refractivity contribution in [1.29, 1.82) is 0 Å². The maximum Gasteiger partial charge on any atom is 0.422 e. The van der Waals surface area contributed by atoms with Crippen LogP contribution in [0.15, 0.2) is 53.4 Å². The van der Waals surface area contributed by atoms with E-state index in [-0.39, 0.29) is 24.0 Å². The van der Waals surface area contributed by atoms with Crippen molar-refractivity contribution >= 4 is 23.6 Å². The lowest BCUT2D eigenvalue weighted by atomic mass is 10.2. The van der Waals surface area contributed by atoms with E-state index in [0.29, 0.717) is 16.0 Å². The van der Waals surface area contributed by atoms with Gasteiger partial charge in [0.25, 0.3) is 5.91 Å². The van der Waals surface area contributed by atoms with Gasteiger partial charge in [0.15, 0.2) is 6.61 Å². The van der Waals surface area contributed by atoms with Crippen molar-refractivity contribution in [2.45, 2.75) is 17.6 Å². The van der Waals surface area contributed by atoms with Crippen LogP contribution < -0.4 is 15.8 Å². The molecule has 5 nitrogen and oxygen atoms in total. The molecule has 9 heteroatoms. The van der Waals surface area contributed by atoms with Crippen molar-refractivity contribution in [3.8, 4) is 5.75 Å². The molecule has 0 bridgehead atoms. The molecule has 0 aromatic heterocycles. The number of amides is 2. The summed E-state index contributed by atoms with van der Waals surface area (Å²) in [4.78, 5) is 23.9. The first-order valence-electron chi connectivity index (χ1n) is 7.81. The quantitative estimate of drug-likeness (QED) is 0.670.